The van der Waals surface area contributed by atoms with Gasteiger partial charge in [-0.05, 0) is 12.6 Å². The number of hydrogen-bond donors (Lipinski definition) is 3. The van der Waals surface area contributed by atoms with Crippen molar-refractivity contribution in [1.82, 2.24) is 4.90 Å². The molecule has 18 heavy (non-hydrogen) atoms. The summed E-state index contributed by atoms with van der Waals surface area (Å²) in [5.74, 6) is -0.747. The largest absolute Gasteiger partial charge is 0.409 e. The monoisotopic (exact) mass is 255 g/mol. The highest BCUT2D eigenvalue weighted by atomic mass is 19.1. The maximum Gasteiger partial charge on any atom is 0.173 e. The Kier molecular flexibility index (Phi) is 5.54. The quantitative estimate of drug-likeness (QED) is 0.303. The molecule has 0 saturated heterocycles. The summed E-state index contributed by atoms with van der Waals surface area (Å²) in [6.45, 7) is 3.50. The molecule has 4 N–H and O–H groups in total. The van der Waals surface area contributed by atoms with Gasteiger partial charge in [0, 0.05) is 18.7 Å². The Balaban J connectivity index is 2.96. The number of oxime groups is 1. The Hall–Kier alpha value is -1.66. The third kappa shape index (κ3) is 3.41. The van der Waals surface area contributed by atoms with Crippen LogP contribution in [0.25, 0.3) is 0 Å². The van der Waals surface area contributed by atoms with Crippen molar-refractivity contribution in [2.24, 2.45) is 10.9 Å². The van der Waals surface area contributed by atoms with Crippen LogP contribution in [0.2, 0.25) is 0 Å². The highest BCUT2D eigenvalue weighted by Gasteiger charge is 2.13. The number of rotatable bonds is 6. The van der Waals surface area contributed by atoms with Crippen LogP contribution in [-0.4, -0.2) is 40.7 Å². The highest BCUT2D eigenvalue weighted by molar-refractivity contribution is 5.97. The van der Waals surface area contributed by atoms with Crippen molar-refractivity contribution < 1.29 is 14.7 Å². The number of likely N-dealkylation sites (N-methyl/N-ethyl adjacent to an activating group) is 1. The first kappa shape index (κ1) is 14.4. The lowest BCUT2D eigenvalue weighted by Gasteiger charge is -2.19. The standard InChI is InChI=1S/C12H18FN3O2/c1-2-16(6-7-17)8-9-4-3-5-10(11(9)13)12(14)15-18/h3-5,17-18H,2,6-8H2,1H3,(H2,14,15). The summed E-state index contributed by atoms with van der Waals surface area (Å²) >= 11 is 0. The lowest BCUT2D eigenvalue weighted by Crippen LogP contribution is -2.27. The number of nitrogens with zero attached hydrogens (tertiary/aromatic N) is 2. The van der Waals surface area contributed by atoms with E-state index in [1.54, 1.807) is 12.1 Å². The van der Waals surface area contributed by atoms with Gasteiger partial charge in [0.2, 0.25) is 0 Å². The van der Waals surface area contributed by atoms with Gasteiger partial charge in [-0.2, -0.15) is 0 Å². The number of nitrogens with two attached hydrogens (primary N) is 1. The number of halogens is 1. The second kappa shape index (κ2) is 6.93. The molecule has 0 bridgehead atoms. The number of hydrogen-bond acceptors (Lipinski definition) is 4. The maximum atomic E-state index is 14.1. The zero-order valence-electron chi connectivity index (χ0n) is 10.3. The Morgan fingerprint density at radius 2 is 2.22 bits per heavy atom. The van der Waals surface area contributed by atoms with Crippen molar-refractivity contribution in [3.05, 3.63) is 35.1 Å². The summed E-state index contributed by atoms with van der Waals surface area (Å²) in [5, 5.41) is 20.3. The number of benzene rings is 1. The van der Waals surface area contributed by atoms with Crippen LogP contribution in [-0.2, 0) is 6.54 Å². The molecule has 100 valence electrons. The molecule has 0 aromatic heterocycles. The van der Waals surface area contributed by atoms with Crippen LogP contribution in [0, 0.1) is 5.82 Å². The molecule has 0 aliphatic heterocycles. The van der Waals surface area contributed by atoms with Crippen molar-refractivity contribution in [3.63, 3.8) is 0 Å². The van der Waals surface area contributed by atoms with E-state index in [0.717, 1.165) is 0 Å². The van der Waals surface area contributed by atoms with Crippen LogP contribution in [0.5, 0.6) is 0 Å². The molecule has 6 heteroatoms. The molecule has 0 aliphatic carbocycles. The van der Waals surface area contributed by atoms with Gasteiger partial charge in [-0.15, -0.1) is 0 Å². The first-order valence-corrected chi connectivity index (χ1v) is 5.72. The molecule has 0 radical (unpaired) electrons. The summed E-state index contributed by atoms with van der Waals surface area (Å²) in [6, 6.07) is 4.75. The summed E-state index contributed by atoms with van der Waals surface area (Å²) < 4.78 is 14.1. The molecule has 0 aliphatic rings. The summed E-state index contributed by atoms with van der Waals surface area (Å²) in [7, 11) is 0. The predicted molar refractivity (Wildman–Crippen MR) is 66.9 cm³/mol. The van der Waals surface area contributed by atoms with Gasteiger partial charge in [0.05, 0.1) is 12.2 Å². The molecule has 1 aromatic carbocycles. The minimum Gasteiger partial charge on any atom is -0.409 e. The van der Waals surface area contributed by atoms with Gasteiger partial charge in [-0.3, -0.25) is 4.90 Å². The van der Waals surface area contributed by atoms with Crippen molar-refractivity contribution in [1.29, 1.82) is 0 Å². The zero-order chi connectivity index (χ0) is 13.5. The fourth-order valence-electron chi connectivity index (χ4n) is 1.68. The van der Waals surface area contributed by atoms with E-state index in [4.69, 9.17) is 16.0 Å². The Morgan fingerprint density at radius 3 is 2.78 bits per heavy atom. The molecule has 0 heterocycles. The van der Waals surface area contributed by atoms with Crippen LogP contribution in [0.1, 0.15) is 18.1 Å². The topological polar surface area (TPSA) is 82.1 Å². The fraction of sp³-hybridized carbons (Fsp3) is 0.417. The van der Waals surface area contributed by atoms with E-state index in [9.17, 15) is 4.39 Å². The van der Waals surface area contributed by atoms with Crippen molar-refractivity contribution in [2.75, 3.05) is 19.7 Å². The normalized spacial score (nSPS) is 12.1. The van der Waals surface area contributed by atoms with E-state index < -0.39 is 5.82 Å². The third-order valence-corrected chi connectivity index (χ3v) is 2.72. The van der Waals surface area contributed by atoms with Crippen molar-refractivity contribution in [3.8, 4) is 0 Å². The number of aliphatic hydroxyl groups is 1. The Labute approximate surface area is 105 Å². The fourth-order valence-corrected chi connectivity index (χ4v) is 1.68. The van der Waals surface area contributed by atoms with Gasteiger partial charge < -0.3 is 16.0 Å². The van der Waals surface area contributed by atoms with Crippen LogP contribution in [0.3, 0.4) is 0 Å². The van der Waals surface area contributed by atoms with E-state index in [-0.39, 0.29) is 18.0 Å². The van der Waals surface area contributed by atoms with E-state index in [1.807, 2.05) is 11.8 Å². The molecular weight excluding hydrogens is 237 g/mol. The minimum atomic E-state index is -0.496. The van der Waals surface area contributed by atoms with Crippen LogP contribution in [0.4, 0.5) is 4.39 Å². The van der Waals surface area contributed by atoms with Gasteiger partial charge >= 0.3 is 0 Å². The summed E-state index contributed by atoms with van der Waals surface area (Å²) in [5.41, 5.74) is 5.92. The zero-order valence-corrected chi connectivity index (χ0v) is 10.3. The summed E-state index contributed by atoms with van der Waals surface area (Å²) in [4.78, 5) is 1.90. The molecule has 0 atom stereocenters. The molecule has 0 amide bonds. The predicted octanol–water partition coefficient (Wildman–Crippen LogP) is 0.734. The minimum absolute atomic E-state index is 0.0232. The van der Waals surface area contributed by atoms with Crippen LogP contribution >= 0.6 is 0 Å². The van der Waals surface area contributed by atoms with Gasteiger partial charge in [0.15, 0.2) is 5.84 Å². The molecule has 0 spiro atoms. The lowest BCUT2D eigenvalue weighted by atomic mass is 10.1. The second-order valence-electron chi connectivity index (χ2n) is 3.86. The number of aliphatic hydroxyl groups excluding tert-OH is 1. The van der Waals surface area contributed by atoms with Gasteiger partial charge in [0.25, 0.3) is 0 Å². The first-order chi connectivity index (χ1) is 8.63. The Morgan fingerprint density at radius 1 is 1.50 bits per heavy atom. The van der Waals surface area contributed by atoms with Crippen LogP contribution in [0.15, 0.2) is 23.4 Å². The van der Waals surface area contributed by atoms with Gasteiger partial charge in [-0.1, -0.05) is 24.2 Å². The smallest absolute Gasteiger partial charge is 0.173 e. The Bertz CT molecular complexity index is 424. The van der Waals surface area contributed by atoms with Crippen LogP contribution < -0.4 is 5.73 Å². The van der Waals surface area contributed by atoms with Crippen molar-refractivity contribution >= 4 is 5.84 Å². The average molecular weight is 255 g/mol. The number of amidine groups is 1. The molecule has 1 rings (SSSR count). The molecular formula is C12H18FN3O2. The average Bonchev–Trinajstić information content (AvgIpc) is 2.39. The van der Waals surface area contributed by atoms with Crippen molar-refractivity contribution in [2.45, 2.75) is 13.5 Å². The third-order valence-electron chi connectivity index (χ3n) is 2.72. The van der Waals surface area contributed by atoms with Gasteiger partial charge in [-0.25, -0.2) is 4.39 Å². The van der Waals surface area contributed by atoms with E-state index in [2.05, 4.69) is 5.16 Å². The van der Waals surface area contributed by atoms with E-state index in [1.165, 1.54) is 6.07 Å². The second-order valence-corrected chi connectivity index (χ2v) is 3.86. The summed E-state index contributed by atoms with van der Waals surface area (Å²) in [6.07, 6.45) is 0. The van der Waals surface area contributed by atoms with E-state index >= 15 is 0 Å². The molecule has 0 unspecified atom stereocenters. The highest BCUT2D eigenvalue weighted by Crippen LogP contribution is 2.15. The SMILES string of the molecule is CCN(CCO)Cc1cccc(/C(N)=N/O)c1F. The van der Waals surface area contributed by atoms with E-state index in [0.29, 0.717) is 25.2 Å². The lowest BCUT2D eigenvalue weighted by molar-refractivity contribution is 0.195. The first-order valence-electron chi connectivity index (χ1n) is 5.72. The molecule has 5 nitrogen and oxygen atoms in total. The molecule has 1 aromatic rings. The van der Waals surface area contributed by atoms with Gasteiger partial charge in [0.1, 0.15) is 5.82 Å². The molecule has 0 saturated carbocycles. The molecule has 0 fully saturated rings. The maximum absolute atomic E-state index is 14.1.